The van der Waals surface area contributed by atoms with Crippen LogP contribution in [0.4, 0.5) is 0 Å². The Kier molecular flexibility index (Phi) is 8.50. The van der Waals surface area contributed by atoms with Crippen molar-refractivity contribution >= 4 is 29.9 Å². The number of aromatic nitrogens is 2. The maximum atomic E-state index is 4.35. The van der Waals surface area contributed by atoms with Gasteiger partial charge in [-0.3, -0.25) is 9.67 Å². The highest BCUT2D eigenvalue weighted by molar-refractivity contribution is 14.0. The monoisotopic (exact) mass is 489 g/mol. The molecule has 3 aromatic rings. The summed E-state index contributed by atoms with van der Waals surface area (Å²) in [6.07, 6.45) is 3.79. The lowest BCUT2D eigenvalue weighted by Crippen LogP contribution is -2.36. The van der Waals surface area contributed by atoms with Crippen LogP contribution in [0.2, 0.25) is 0 Å². The lowest BCUT2D eigenvalue weighted by molar-refractivity contribution is 0.677. The van der Waals surface area contributed by atoms with Gasteiger partial charge in [0.25, 0.3) is 0 Å². The van der Waals surface area contributed by atoms with Crippen LogP contribution in [0, 0.1) is 13.8 Å². The third-order valence-corrected chi connectivity index (χ3v) is 4.62. The molecule has 148 valence electrons. The Morgan fingerprint density at radius 3 is 2.32 bits per heavy atom. The topological polar surface area (TPSA) is 54.2 Å². The molecule has 0 amide bonds. The average molecular weight is 489 g/mol. The van der Waals surface area contributed by atoms with E-state index in [4.69, 9.17) is 0 Å². The molecule has 0 radical (unpaired) electrons. The number of hydrogen-bond acceptors (Lipinski definition) is 2. The fraction of sp³-hybridized carbons (Fsp3) is 0.273. The lowest BCUT2D eigenvalue weighted by atomic mass is 10.1. The molecule has 0 saturated heterocycles. The van der Waals surface area contributed by atoms with Crippen molar-refractivity contribution in [3.63, 3.8) is 0 Å². The van der Waals surface area contributed by atoms with Crippen molar-refractivity contribution in [1.82, 2.24) is 20.4 Å². The van der Waals surface area contributed by atoms with Gasteiger partial charge < -0.3 is 10.6 Å². The molecule has 0 aliphatic rings. The number of rotatable bonds is 6. The molecule has 1 heterocycles. The summed E-state index contributed by atoms with van der Waals surface area (Å²) < 4.78 is 1.94. The zero-order valence-corrected chi connectivity index (χ0v) is 19.0. The molecular weight excluding hydrogens is 461 g/mol. The zero-order valence-electron chi connectivity index (χ0n) is 16.6. The van der Waals surface area contributed by atoms with Crippen LogP contribution in [0.1, 0.15) is 27.8 Å². The molecule has 0 atom stereocenters. The van der Waals surface area contributed by atoms with E-state index in [-0.39, 0.29) is 24.0 Å². The fourth-order valence-electron chi connectivity index (χ4n) is 3.08. The Bertz CT molecular complexity index is 903. The first-order valence-corrected chi connectivity index (χ1v) is 9.20. The van der Waals surface area contributed by atoms with Crippen molar-refractivity contribution in [1.29, 1.82) is 0 Å². The number of nitrogens with one attached hydrogen (secondary N) is 2. The molecule has 0 aliphatic carbocycles. The van der Waals surface area contributed by atoms with Gasteiger partial charge in [0.05, 0.1) is 6.54 Å². The molecule has 28 heavy (non-hydrogen) atoms. The Morgan fingerprint density at radius 2 is 1.68 bits per heavy atom. The summed E-state index contributed by atoms with van der Waals surface area (Å²) in [5, 5.41) is 11.1. The van der Waals surface area contributed by atoms with E-state index < -0.39 is 0 Å². The summed E-state index contributed by atoms with van der Waals surface area (Å²) in [6, 6.07) is 16.9. The van der Waals surface area contributed by atoms with Crippen LogP contribution < -0.4 is 10.6 Å². The van der Waals surface area contributed by atoms with E-state index in [1.807, 2.05) is 16.9 Å². The van der Waals surface area contributed by atoms with E-state index >= 15 is 0 Å². The van der Waals surface area contributed by atoms with Crippen LogP contribution in [0.5, 0.6) is 0 Å². The van der Waals surface area contributed by atoms with Gasteiger partial charge in [-0.05, 0) is 42.2 Å². The van der Waals surface area contributed by atoms with Gasteiger partial charge in [-0.25, -0.2) is 0 Å². The van der Waals surface area contributed by atoms with Gasteiger partial charge in [0.2, 0.25) is 0 Å². The number of aryl methyl sites for hydroxylation is 2. The van der Waals surface area contributed by atoms with Gasteiger partial charge in [0, 0.05) is 32.5 Å². The molecule has 6 heteroatoms. The molecule has 0 saturated carbocycles. The predicted octanol–water partition coefficient (Wildman–Crippen LogP) is 4.03. The molecule has 0 spiro atoms. The standard InChI is InChI=1S/C22H27N5.HI/c1-17-9-10-19(18(2)13-17)14-24-22(23-3)25-15-20-7-4-5-8-21(20)16-27-12-6-11-26-27;/h4-13H,14-16H2,1-3H3,(H2,23,24,25);1H. The molecule has 2 aromatic carbocycles. The second kappa shape index (κ2) is 10.8. The zero-order chi connectivity index (χ0) is 19.1. The molecule has 0 fully saturated rings. The normalized spacial score (nSPS) is 11.0. The van der Waals surface area contributed by atoms with Crippen molar-refractivity contribution in [2.75, 3.05) is 7.05 Å². The van der Waals surface area contributed by atoms with Crippen molar-refractivity contribution in [3.05, 3.63) is 88.7 Å². The Balaban J connectivity index is 0.00000280. The Labute approximate surface area is 184 Å². The number of nitrogens with zero attached hydrogens (tertiary/aromatic N) is 3. The van der Waals surface area contributed by atoms with Crippen LogP contribution in [-0.2, 0) is 19.6 Å². The largest absolute Gasteiger partial charge is 0.352 e. The van der Waals surface area contributed by atoms with E-state index in [1.165, 1.54) is 27.8 Å². The lowest BCUT2D eigenvalue weighted by Gasteiger charge is -2.15. The first-order valence-electron chi connectivity index (χ1n) is 9.20. The second-order valence-corrected chi connectivity index (χ2v) is 6.68. The summed E-state index contributed by atoms with van der Waals surface area (Å²) >= 11 is 0. The molecule has 3 rings (SSSR count). The van der Waals surface area contributed by atoms with E-state index in [0.717, 1.165) is 19.0 Å². The third-order valence-electron chi connectivity index (χ3n) is 4.62. The number of aliphatic imine (C=N–C) groups is 1. The fourth-order valence-corrected chi connectivity index (χ4v) is 3.08. The van der Waals surface area contributed by atoms with Crippen molar-refractivity contribution in [2.45, 2.75) is 33.5 Å². The van der Waals surface area contributed by atoms with E-state index in [0.29, 0.717) is 6.54 Å². The number of guanidine groups is 1. The molecule has 1 aromatic heterocycles. The smallest absolute Gasteiger partial charge is 0.191 e. The van der Waals surface area contributed by atoms with Crippen molar-refractivity contribution < 1.29 is 0 Å². The van der Waals surface area contributed by atoms with E-state index in [9.17, 15) is 0 Å². The minimum absolute atomic E-state index is 0. The van der Waals surface area contributed by atoms with E-state index in [1.54, 1.807) is 13.2 Å². The van der Waals surface area contributed by atoms with Gasteiger partial charge in [-0.2, -0.15) is 5.10 Å². The van der Waals surface area contributed by atoms with Gasteiger partial charge in [-0.1, -0.05) is 48.0 Å². The van der Waals surface area contributed by atoms with Gasteiger partial charge in [0.1, 0.15) is 0 Å². The van der Waals surface area contributed by atoms with Crippen LogP contribution in [-0.4, -0.2) is 22.8 Å². The minimum Gasteiger partial charge on any atom is -0.352 e. The Hall–Kier alpha value is -2.35. The second-order valence-electron chi connectivity index (χ2n) is 6.68. The summed E-state index contributed by atoms with van der Waals surface area (Å²) in [5.41, 5.74) is 6.35. The van der Waals surface area contributed by atoms with Crippen LogP contribution in [0.15, 0.2) is 65.9 Å². The van der Waals surface area contributed by atoms with Crippen molar-refractivity contribution in [3.8, 4) is 0 Å². The van der Waals surface area contributed by atoms with Gasteiger partial charge in [-0.15, -0.1) is 24.0 Å². The van der Waals surface area contributed by atoms with Crippen LogP contribution >= 0.6 is 24.0 Å². The quantitative estimate of drug-likeness (QED) is 0.313. The van der Waals surface area contributed by atoms with Crippen LogP contribution in [0.3, 0.4) is 0 Å². The number of halogens is 1. The first kappa shape index (κ1) is 21.9. The summed E-state index contributed by atoms with van der Waals surface area (Å²) in [4.78, 5) is 4.35. The number of benzene rings is 2. The molecular formula is C22H28IN5. The van der Waals surface area contributed by atoms with Crippen molar-refractivity contribution in [2.24, 2.45) is 4.99 Å². The van der Waals surface area contributed by atoms with E-state index in [2.05, 4.69) is 77.0 Å². The average Bonchev–Trinajstić information content (AvgIpc) is 3.17. The summed E-state index contributed by atoms with van der Waals surface area (Å²) in [6.45, 7) is 6.49. The van der Waals surface area contributed by atoms with Crippen LogP contribution in [0.25, 0.3) is 0 Å². The maximum absolute atomic E-state index is 4.35. The molecule has 2 N–H and O–H groups in total. The third kappa shape index (κ3) is 6.09. The summed E-state index contributed by atoms with van der Waals surface area (Å²) in [7, 11) is 1.80. The highest BCUT2D eigenvalue weighted by Crippen LogP contribution is 2.11. The molecule has 0 bridgehead atoms. The highest BCUT2D eigenvalue weighted by atomic mass is 127. The van der Waals surface area contributed by atoms with Gasteiger partial charge in [0.15, 0.2) is 5.96 Å². The minimum atomic E-state index is 0. The molecule has 0 aliphatic heterocycles. The molecule has 5 nitrogen and oxygen atoms in total. The molecule has 0 unspecified atom stereocenters. The first-order chi connectivity index (χ1) is 13.2. The highest BCUT2D eigenvalue weighted by Gasteiger charge is 2.05. The number of hydrogen-bond donors (Lipinski definition) is 2. The van der Waals surface area contributed by atoms with Gasteiger partial charge >= 0.3 is 0 Å². The Morgan fingerprint density at radius 1 is 0.964 bits per heavy atom. The SMILES string of the molecule is CN=C(NCc1ccc(C)cc1C)NCc1ccccc1Cn1cccn1.I. The maximum Gasteiger partial charge on any atom is 0.191 e. The summed E-state index contributed by atoms with van der Waals surface area (Å²) in [5.74, 6) is 0.795. The predicted molar refractivity (Wildman–Crippen MR) is 126 cm³/mol.